The van der Waals surface area contributed by atoms with E-state index in [1.54, 1.807) is 34.7 Å². The van der Waals surface area contributed by atoms with Crippen LogP contribution in [-0.2, 0) is 19.0 Å². The summed E-state index contributed by atoms with van der Waals surface area (Å²) in [5.41, 5.74) is -1.74. The molecule has 1 heterocycles. The molecule has 0 saturated carbocycles. The molecule has 8 heteroatoms. The van der Waals surface area contributed by atoms with Gasteiger partial charge in [0, 0.05) is 26.7 Å². The molecular formula is C16H30N2O6. The normalized spacial score (nSPS) is 21.7. The van der Waals surface area contributed by atoms with E-state index in [1.807, 2.05) is 4.90 Å². The monoisotopic (exact) mass is 346 g/mol. The highest BCUT2D eigenvalue weighted by Gasteiger charge is 2.33. The molecule has 0 aromatic carbocycles. The summed E-state index contributed by atoms with van der Waals surface area (Å²) in [5.74, 6) is -0.426. The molecule has 8 nitrogen and oxygen atoms in total. The Morgan fingerprint density at radius 1 is 1.33 bits per heavy atom. The number of morpholine rings is 1. The first-order chi connectivity index (χ1) is 10.9. The van der Waals surface area contributed by atoms with Gasteiger partial charge in [-0.15, -0.1) is 0 Å². The lowest BCUT2D eigenvalue weighted by Crippen LogP contribution is -2.54. The van der Waals surface area contributed by atoms with Gasteiger partial charge in [0.1, 0.15) is 5.60 Å². The van der Waals surface area contributed by atoms with E-state index in [9.17, 15) is 14.7 Å². The molecule has 1 N–H and O–H groups in total. The second-order valence-corrected chi connectivity index (χ2v) is 7.45. The highest BCUT2D eigenvalue weighted by atomic mass is 16.6. The number of rotatable bonds is 5. The number of ether oxygens (including phenoxy) is 3. The van der Waals surface area contributed by atoms with Crippen molar-refractivity contribution in [3.63, 3.8) is 0 Å². The number of carbonyl (C=O) groups excluding carboxylic acids is 2. The van der Waals surface area contributed by atoms with Crippen molar-refractivity contribution in [3.05, 3.63) is 0 Å². The van der Waals surface area contributed by atoms with Gasteiger partial charge >= 0.3 is 12.1 Å². The highest BCUT2D eigenvalue weighted by molar-refractivity contribution is 5.74. The van der Waals surface area contributed by atoms with Gasteiger partial charge in [-0.25, -0.2) is 9.59 Å². The third-order valence-corrected chi connectivity index (χ3v) is 3.46. The van der Waals surface area contributed by atoms with Crippen LogP contribution in [0, 0.1) is 0 Å². The zero-order valence-corrected chi connectivity index (χ0v) is 15.5. The van der Waals surface area contributed by atoms with E-state index >= 15 is 0 Å². The summed E-state index contributed by atoms with van der Waals surface area (Å²) in [6, 6.07) is 0. The van der Waals surface area contributed by atoms with Crippen LogP contribution in [0.5, 0.6) is 0 Å². The minimum absolute atomic E-state index is 0.113. The number of aliphatic hydroxyl groups is 1. The lowest BCUT2D eigenvalue weighted by molar-refractivity contribution is -0.161. The summed E-state index contributed by atoms with van der Waals surface area (Å²) in [7, 11) is 2.90. The summed E-state index contributed by atoms with van der Waals surface area (Å²) in [6.45, 7) is 8.76. The first-order valence-corrected chi connectivity index (χ1v) is 8.02. The number of esters is 1. The van der Waals surface area contributed by atoms with E-state index in [0.717, 1.165) is 0 Å². The minimum atomic E-state index is -1.15. The van der Waals surface area contributed by atoms with Gasteiger partial charge in [-0.2, -0.15) is 0 Å². The molecule has 0 aromatic rings. The van der Waals surface area contributed by atoms with Crippen molar-refractivity contribution in [1.82, 2.24) is 9.80 Å². The number of likely N-dealkylation sites (N-methyl/N-ethyl adjacent to an activating group) is 1. The predicted octanol–water partition coefficient (Wildman–Crippen LogP) is 0.478. The molecule has 1 rings (SSSR count). The van der Waals surface area contributed by atoms with E-state index in [4.69, 9.17) is 9.47 Å². The highest BCUT2D eigenvalue weighted by Crippen LogP contribution is 2.15. The number of nitrogens with zero attached hydrogens (tertiary/aromatic N) is 2. The Bertz CT molecular complexity index is 446. The van der Waals surface area contributed by atoms with Crippen LogP contribution in [0.25, 0.3) is 0 Å². The van der Waals surface area contributed by atoms with Crippen LogP contribution < -0.4 is 0 Å². The fraction of sp³-hybridized carbons (Fsp3) is 0.875. The Balaban J connectivity index is 2.56. The van der Waals surface area contributed by atoms with Gasteiger partial charge in [-0.05, 0) is 27.7 Å². The molecule has 0 aromatic heterocycles. The van der Waals surface area contributed by atoms with Crippen LogP contribution >= 0.6 is 0 Å². The van der Waals surface area contributed by atoms with E-state index in [1.165, 1.54) is 12.0 Å². The molecule has 1 aliphatic rings. The SMILES string of the molecule is COC(=O)C1CN(CC(C)(O)CN(C)C(=O)OC(C)(C)C)CCO1. The molecule has 1 fully saturated rings. The number of methoxy groups -OCH3 is 1. The molecule has 24 heavy (non-hydrogen) atoms. The summed E-state index contributed by atoms with van der Waals surface area (Å²) in [5, 5.41) is 10.6. The van der Waals surface area contributed by atoms with Crippen LogP contribution in [0.4, 0.5) is 4.79 Å². The predicted molar refractivity (Wildman–Crippen MR) is 87.7 cm³/mol. The van der Waals surface area contributed by atoms with E-state index in [0.29, 0.717) is 26.2 Å². The molecule has 2 unspecified atom stereocenters. The number of β-amino-alcohol motifs (C(OH)–C–C–N with tert-alkyl or cyclic N) is 1. The summed E-state index contributed by atoms with van der Waals surface area (Å²) < 4.78 is 15.3. The third kappa shape index (κ3) is 7.02. The van der Waals surface area contributed by atoms with Crippen molar-refractivity contribution in [2.45, 2.75) is 45.0 Å². The topological polar surface area (TPSA) is 88.5 Å². The summed E-state index contributed by atoms with van der Waals surface area (Å²) in [4.78, 5) is 26.9. The standard InChI is InChI=1S/C16H30N2O6/c1-15(2,3)24-14(20)17(5)10-16(4,21)11-18-7-8-23-12(9-18)13(19)22-6/h12,21H,7-11H2,1-6H3. The molecule has 0 radical (unpaired) electrons. The van der Waals surface area contributed by atoms with Crippen molar-refractivity contribution in [1.29, 1.82) is 0 Å². The lowest BCUT2D eigenvalue weighted by atomic mass is 10.1. The largest absolute Gasteiger partial charge is 0.467 e. The molecule has 0 aliphatic carbocycles. The summed E-state index contributed by atoms with van der Waals surface area (Å²) >= 11 is 0. The van der Waals surface area contributed by atoms with Crippen molar-refractivity contribution < 1.29 is 28.9 Å². The first-order valence-electron chi connectivity index (χ1n) is 8.02. The number of amides is 1. The number of hydrogen-bond donors (Lipinski definition) is 1. The second-order valence-electron chi connectivity index (χ2n) is 7.45. The van der Waals surface area contributed by atoms with Crippen molar-refractivity contribution in [2.75, 3.05) is 46.9 Å². The van der Waals surface area contributed by atoms with Gasteiger partial charge in [0.15, 0.2) is 6.10 Å². The van der Waals surface area contributed by atoms with Crippen LogP contribution in [0.1, 0.15) is 27.7 Å². The van der Waals surface area contributed by atoms with Gasteiger partial charge in [-0.3, -0.25) is 4.90 Å². The Labute approximate surface area is 143 Å². The fourth-order valence-corrected chi connectivity index (χ4v) is 2.57. The Kier molecular flexibility index (Phi) is 7.00. The summed E-state index contributed by atoms with van der Waals surface area (Å²) in [6.07, 6.45) is -1.14. The van der Waals surface area contributed by atoms with E-state index < -0.39 is 29.4 Å². The lowest BCUT2D eigenvalue weighted by Gasteiger charge is -2.38. The Morgan fingerprint density at radius 2 is 1.96 bits per heavy atom. The average Bonchev–Trinajstić information content (AvgIpc) is 2.43. The quantitative estimate of drug-likeness (QED) is 0.724. The molecule has 1 amide bonds. The van der Waals surface area contributed by atoms with E-state index in [-0.39, 0.29) is 6.54 Å². The van der Waals surface area contributed by atoms with Gasteiger partial charge in [0.2, 0.25) is 0 Å². The van der Waals surface area contributed by atoms with Gasteiger partial charge in [-0.1, -0.05) is 0 Å². The maximum Gasteiger partial charge on any atom is 0.410 e. The molecule has 0 spiro atoms. The van der Waals surface area contributed by atoms with Gasteiger partial charge in [0.25, 0.3) is 0 Å². The maximum absolute atomic E-state index is 12.0. The van der Waals surface area contributed by atoms with E-state index in [2.05, 4.69) is 4.74 Å². The third-order valence-electron chi connectivity index (χ3n) is 3.46. The van der Waals surface area contributed by atoms with Crippen molar-refractivity contribution in [2.24, 2.45) is 0 Å². The molecule has 140 valence electrons. The molecule has 1 aliphatic heterocycles. The number of carbonyl (C=O) groups is 2. The average molecular weight is 346 g/mol. The molecule has 0 bridgehead atoms. The molecule has 1 saturated heterocycles. The first kappa shape index (κ1) is 20.7. The van der Waals surface area contributed by atoms with Gasteiger partial charge < -0.3 is 24.2 Å². The van der Waals surface area contributed by atoms with Crippen molar-refractivity contribution in [3.8, 4) is 0 Å². The zero-order valence-electron chi connectivity index (χ0n) is 15.5. The second kappa shape index (κ2) is 8.13. The molecule has 2 atom stereocenters. The van der Waals surface area contributed by atoms with Crippen LogP contribution in [-0.4, -0.2) is 91.2 Å². The fourth-order valence-electron chi connectivity index (χ4n) is 2.57. The Hall–Kier alpha value is -1.38. The maximum atomic E-state index is 12.0. The Morgan fingerprint density at radius 3 is 2.50 bits per heavy atom. The zero-order chi connectivity index (χ0) is 18.5. The van der Waals surface area contributed by atoms with Crippen LogP contribution in [0.15, 0.2) is 0 Å². The minimum Gasteiger partial charge on any atom is -0.467 e. The van der Waals surface area contributed by atoms with Crippen LogP contribution in [0.3, 0.4) is 0 Å². The number of hydrogen-bond acceptors (Lipinski definition) is 7. The van der Waals surface area contributed by atoms with Crippen LogP contribution in [0.2, 0.25) is 0 Å². The smallest absolute Gasteiger partial charge is 0.410 e. The van der Waals surface area contributed by atoms with Crippen molar-refractivity contribution >= 4 is 12.1 Å². The molecular weight excluding hydrogens is 316 g/mol. The van der Waals surface area contributed by atoms with Gasteiger partial charge in [0.05, 0.1) is 25.9 Å².